The first kappa shape index (κ1) is 22.6. The Balaban J connectivity index is 0.843. The molecule has 194 valence electrons. The fourth-order valence-corrected chi connectivity index (χ4v) is 6.86. The van der Waals surface area contributed by atoms with Crippen LogP contribution in [-0.2, 0) is 13.1 Å². The molecule has 0 unspecified atom stereocenters. The van der Waals surface area contributed by atoms with Crippen molar-refractivity contribution in [2.75, 3.05) is 39.3 Å². The number of hydrogen-bond donors (Lipinski definition) is 1. The second kappa shape index (κ2) is 7.45. The van der Waals surface area contributed by atoms with Gasteiger partial charge in [-0.25, -0.2) is 9.78 Å². The van der Waals surface area contributed by atoms with E-state index in [1.807, 2.05) is 9.80 Å². The van der Waals surface area contributed by atoms with Crippen molar-refractivity contribution in [3.63, 3.8) is 0 Å². The number of aromatic amines is 1. The van der Waals surface area contributed by atoms with Gasteiger partial charge in [0.2, 0.25) is 0 Å². The number of nitrogens with zero attached hydrogens (tertiary/aromatic N) is 7. The summed E-state index contributed by atoms with van der Waals surface area (Å²) in [7, 11) is 0. The van der Waals surface area contributed by atoms with Crippen LogP contribution < -0.4 is 0 Å². The van der Waals surface area contributed by atoms with Crippen molar-refractivity contribution in [2.24, 2.45) is 10.8 Å². The summed E-state index contributed by atoms with van der Waals surface area (Å²) in [6, 6.07) is 0.145. The van der Waals surface area contributed by atoms with Gasteiger partial charge in [0.1, 0.15) is 12.4 Å². The molecule has 2 spiro atoms. The summed E-state index contributed by atoms with van der Waals surface area (Å²) in [5.41, 5.74) is 1.79. The van der Waals surface area contributed by atoms with Crippen LogP contribution in [0.2, 0.25) is 0 Å². The van der Waals surface area contributed by atoms with Gasteiger partial charge in [0.15, 0.2) is 5.82 Å². The number of aromatic nitrogens is 5. The Kier molecular flexibility index (Phi) is 4.67. The van der Waals surface area contributed by atoms with Gasteiger partial charge in [-0.2, -0.15) is 23.4 Å². The highest BCUT2D eigenvalue weighted by Crippen LogP contribution is 2.56. The molecular formula is C24H31F3N8O. The van der Waals surface area contributed by atoms with Gasteiger partial charge in [-0.15, -0.1) is 0 Å². The summed E-state index contributed by atoms with van der Waals surface area (Å²) in [4.78, 5) is 23.8. The average molecular weight is 505 g/mol. The first-order valence-electron chi connectivity index (χ1n) is 12.9. The molecule has 9 nitrogen and oxygen atoms in total. The highest BCUT2D eigenvalue weighted by molar-refractivity contribution is 5.77. The number of likely N-dealkylation sites (tertiary alicyclic amines) is 3. The van der Waals surface area contributed by atoms with Crippen molar-refractivity contribution in [3.05, 3.63) is 29.1 Å². The zero-order chi connectivity index (χ0) is 24.9. The van der Waals surface area contributed by atoms with Crippen molar-refractivity contribution in [2.45, 2.75) is 63.7 Å². The molecule has 36 heavy (non-hydrogen) atoms. The number of carbonyl (C=O) groups is 1. The van der Waals surface area contributed by atoms with Crippen LogP contribution in [0.25, 0.3) is 0 Å². The first-order valence-corrected chi connectivity index (χ1v) is 12.9. The number of carbonyl (C=O) groups excluding carboxylic acids is 1. The van der Waals surface area contributed by atoms with Crippen LogP contribution in [0.3, 0.4) is 0 Å². The monoisotopic (exact) mass is 504 g/mol. The number of hydrogen-bond acceptors (Lipinski definition) is 5. The molecule has 2 saturated carbocycles. The topological polar surface area (TPSA) is 86.2 Å². The van der Waals surface area contributed by atoms with E-state index in [2.05, 4.69) is 20.2 Å². The Morgan fingerprint density at radius 2 is 1.72 bits per heavy atom. The highest BCUT2D eigenvalue weighted by Gasteiger charge is 2.58. The zero-order valence-corrected chi connectivity index (χ0v) is 20.4. The van der Waals surface area contributed by atoms with E-state index in [1.165, 1.54) is 12.8 Å². The van der Waals surface area contributed by atoms with Gasteiger partial charge in [-0.05, 0) is 32.6 Å². The van der Waals surface area contributed by atoms with Gasteiger partial charge in [-0.3, -0.25) is 14.7 Å². The lowest BCUT2D eigenvalue weighted by Gasteiger charge is -2.63. The van der Waals surface area contributed by atoms with E-state index in [9.17, 15) is 18.0 Å². The molecule has 2 aromatic heterocycles. The van der Waals surface area contributed by atoms with Crippen LogP contribution in [0, 0.1) is 17.8 Å². The minimum atomic E-state index is -4.27. The maximum atomic E-state index is 12.9. The largest absolute Gasteiger partial charge is 0.408 e. The van der Waals surface area contributed by atoms with Crippen LogP contribution in [-0.4, -0.2) is 91.1 Å². The van der Waals surface area contributed by atoms with E-state index in [-0.39, 0.29) is 16.9 Å². The van der Waals surface area contributed by atoms with Crippen LogP contribution in [0.5, 0.6) is 0 Å². The van der Waals surface area contributed by atoms with Gasteiger partial charge in [0.25, 0.3) is 0 Å². The summed E-state index contributed by atoms with van der Waals surface area (Å²) < 4.78 is 39.1. The Hall–Kier alpha value is -2.63. The minimum Gasteiger partial charge on any atom is -0.323 e. The molecule has 1 N–H and O–H groups in total. The van der Waals surface area contributed by atoms with E-state index >= 15 is 0 Å². The number of halogens is 3. The molecule has 0 atom stereocenters. The van der Waals surface area contributed by atoms with Crippen LogP contribution in [0.15, 0.2) is 6.20 Å². The van der Waals surface area contributed by atoms with E-state index < -0.39 is 12.7 Å². The van der Waals surface area contributed by atoms with Gasteiger partial charge in [0.05, 0.1) is 6.20 Å². The molecule has 3 saturated heterocycles. The lowest BCUT2D eigenvalue weighted by Crippen LogP contribution is -2.75. The molecule has 0 bridgehead atoms. The summed E-state index contributed by atoms with van der Waals surface area (Å²) in [5.74, 6) is 3.01. The Morgan fingerprint density at radius 1 is 1.06 bits per heavy atom. The third kappa shape index (κ3) is 3.79. The highest BCUT2D eigenvalue weighted by atomic mass is 19.4. The van der Waals surface area contributed by atoms with Gasteiger partial charge >= 0.3 is 12.2 Å². The summed E-state index contributed by atoms with van der Waals surface area (Å²) in [5, 5.41) is 11.4. The number of rotatable bonds is 5. The predicted molar refractivity (Wildman–Crippen MR) is 122 cm³/mol. The summed E-state index contributed by atoms with van der Waals surface area (Å²) in [6.45, 7) is 6.16. The number of H-pyrrole nitrogens is 1. The van der Waals surface area contributed by atoms with Gasteiger partial charge in [-0.1, -0.05) is 0 Å². The van der Waals surface area contributed by atoms with Crippen molar-refractivity contribution in [1.82, 2.24) is 39.7 Å². The molecule has 0 aromatic carbocycles. The lowest BCUT2D eigenvalue weighted by atomic mass is 9.57. The van der Waals surface area contributed by atoms with Crippen LogP contribution >= 0.6 is 0 Å². The first-order chi connectivity index (χ1) is 17.1. The second-order valence-electron chi connectivity index (χ2n) is 12.1. The van der Waals surface area contributed by atoms with Crippen LogP contribution in [0.4, 0.5) is 18.0 Å². The third-order valence-electron chi connectivity index (χ3n) is 8.90. The number of urea groups is 1. The maximum absolute atomic E-state index is 12.9. The number of amides is 2. The van der Waals surface area contributed by atoms with E-state index in [4.69, 9.17) is 4.98 Å². The van der Waals surface area contributed by atoms with E-state index in [0.29, 0.717) is 24.1 Å². The van der Waals surface area contributed by atoms with Gasteiger partial charge < -0.3 is 9.80 Å². The molecule has 5 heterocycles. The molecule has 2 amide bonds. The minimum absolute atomic E-state index is 0.139. The molecule has 2 aliphatic carbocycles. The molecule has 12 heteroatoms. The SMILES string of the molecule is Cc1c(CN2CC3(C2)CN(C(=O)N2CC4(CC(c5n[nH]c(C6CC6)n5)C4)C2)C3)cnn1CC(F)(F)F. The van der Waals surface area contributed by atoms with E-state index in [1.54, 1.807) is 13.1 Å². The second-order valence-corrected chi connectivity index (χ2v) is 12.1. The fraction of sp³-hybridized carbons (Fsp3) is 0.750. The lowest BCUT2D eigenvalue weighted by molar-refractivity contribution is -0.143. The Bertz CT molecular complexity index is 1170. The fourth-order valence-electron chi connectivity index (χ4n) is 6.86. The van der Waals surface area contributed by atoms with Crippen molar-refractivity contribution in [1.29, 1.82) is 0 Å². The van der Waals surface area contributed by atoms with Crippen molar-refractivity contribution in [3.8, 4) is 0 Å². The van der Waals surface area contributed by atoms with Crippen molar-refractivity contribution < 1.29 is 18.0 Å². The third-order valence-corrected chi connectivity index (χ3v) is 8.90. The smallest absolute Gasteiger partial charge is 0.323 e. The molecule has 0 radical (unpaired) electrons. The average Bonchev–Trinajstić information content (AvgIpc) is 3.35. The molecular weight excluding hydrogens is 473 g/mol. The Morgan fingerprint density at radius 3 is 2.36 bits per heavy atom. The normalized spacial score (nSPS) is 25.0. The van der Waals surface area contributed by atoms with Gasteiger partial charge in [0, 0.05) is 79.7 Å². The Labute approximate surface area is 207 Å². The standard InChI is InChI=1S/C24H31F3N8O/c1-15-18(6-28-35(15)14-24(25,26)27)7-32-8-23(9-32)12-34(13-23)21(36)33-10-22(11-33)4-17(5-22)20-29-19(30-31-20)16-2-3-16/h6,16-17H,2-5,7-14H2,1H3,(H,29,30,31). The predicted octanol–water partition coefficient (Wildman–Crippen LogP) is 2.87. The summed E-state index contributed by atoms with van der Waals surface area (Å²) in [6.07, 6.45) is 1.83. The number of alkyl halides is 3. The summed E-state index contributed by atoms with van der Waals surface area (Å²) >= 11 is 0. The van der Waals surface area contributed by atoms with Crippen LogP contribution in [0.1, 0.15) is 60.4 Å². The zero-order valence-electron chi connectivity index (χ0n) is 20.4. The van der Waals surface area contributed by atoms with E-state index in [0.717, 1.165) is 74.0 Å². The van der Waals surface area contributed by atoms with Crippen molar-refractivity contribution >= 4 is 6.03 Å². The molecule has 7 rings (SSSR count). The maximum Gasteiger partial charge on any atom is 0.408 e. The molecule has 5 fully saturated rings. The molecule has 3 aliphatic heterocycles. The number of nitrogens with one attached hydrogen (secondary N) is 1. The molecule has 2 aromatic rings. The quantitative estimate of drug-likeness (QED) is 0.677. The molecule has 5 aliphatic rings.